The molecule has 18 heavy (non-hydrogen) atoms. The van der Waals surface area contributed by atoms with Crippen LogP contribution in [-0.2, 0) is 4.74 Å². The zero-order valence-corrected chi connectivity index (χ0v) is 10.8. The molecule has 0 aromatic heterocycles. The minimum Gasteiger partial charge on any atom is -0.467 e. The summed E-state index contributed by atoms with van der Waals surface area (Å²) in [6.07, 6.45) is 0. The average molecular weight is 245 g/mol. The molecular formula is C15H19NO2. The van der Waals surface area contributed by atoms with E-state index < -0.39 is 0 Å². The van der Waals surface area contributed by atoms with Crippen molar-refractivity contribution in [1.29, 1.82) is 0 Å². The molecule has 2 N–H and O–H groups in total. The van der Waals surface area contributed by atoms with Gasteiger partial charge < -0.3 is 15.2 Å². The maximum absolute atomic E-state index is 5.99. The molecule has 2 aromatic carbocycles. The third kappa shape index (κ3) is 2.63. The summed E-state index contributed by atoms with van der Waals surface area (Å²) in [5.74, 6) is 0.830. The first-order valence-electron chi connectivity index (χ1n) is 6.21. The Morgan fingerprint density at radius 1 is 1.17 bits per heavy atom. The Labute approximate surface area is 108 Å². The summed E-state index contributed by atoms with van der Waals surface area (Å²) in [6, 6.07) is 12.2. The monoisotopic (exact) mass is 245 g/mol. The molecule has 96 valence electrons. The topological polar surface area (TPSA) is 44.5 Å². The SMILES string of the molecule is CCOCOc1c([C@@H](C)N)ccc2ccccc12. The lowest BCUT2D eigenvalue weighted by Crippen LogP contribution is -2.10. The van der Waals surface area contributed by atoms with Crippen LogP contribution in [-0.4, -0.2) is 13.4 Å². The highest BCUT2D eigenvalue weighted by Crippen LogP contribution is 2.32. The van der Waals surface area contributed by atoms with Crippen LogP contribution in [0.3, 0.4) is 0 Å². The summed E-state index contributed by atoms with van der Waals surface area (Å²) < 4.78 is 11.0. The van der Waals surface area contributed by atoms with E-state index in [1.54, 1.807) is 0 Å². The predicted octanol–water partition coefficient (Wildman–Crippen LogP) is 3.23. The van der Waals surface area contributed by atoms with Crippen LogP contribution in [0.5, 0.6) is 5.75 Å². The zero-order valence-electron chi connectivity index (χ0n) is 10.8. The highest BCUT2D eigenvalue weighted by molar-refractivity contribution is 5.89. The van der Waals surface area contributed by atoms with Crippen molar-refractivity contribution in [3.63, 3.8) is 0 Å². The third-order valence-electron chi connectivity index (χ3n) is 2.89. The highest BCUT2D eigenvalue weighted by Gasteiger charge is 2.11. The normalized spacial score (nSPS) is 12.6. The molecule has 0 heterocycles. The van der Waals surface area contributed by atoms with E-state index >= 15 is 0 Å². The van der Waals surface area contributed by atoms with Gasteiger partial charge in [0.25, 0.3) is 0 Å². The molecule has 0 saturated carbocycles. The van der Waals surface area contributed by atoms with Crippen molar-refractivity contribution in [2.75, 3.05) is 13.4 Å². The lowest BCUT2D eigenvalue weighted by atomic mass is 10.0. The highest BCUT2D eigenvalue weighted by atomic mass is 16.7. The van der Waals surface area contributed by atoms with E-state index in [0.717, 1.165) is 22.1 Å². The van der Waals surface area contributed by atoms with Crippen LogP contribution < -0.4 is 10.5 Å². The number of ether oxygens (including phenoxy) is 2. The van der Waals surface area contributed by atoms with Crippen LogP contribution in [0, 0.1) is 0 Å². The molecule has 3 nitrogen and oxygen atoms in total. The van der Waals surface area contributed by atoms with E-state index in [-0.39, 0.29) is 12.8 Å². The summed E-state index contributed by atoms with van der Waals surface area (Å²) in [6.45, 7) is 4.79. The second-order valence-corrected chi connectivity index (χ2v) is 4.25. The molecule has 3 heteroatoms. The second-order valence-electron chi connectivity index (χ2n) is 4.25. The molecule has 0 unspecified atom stereocenters. The Hall–Kier alpha value is -1.58. The summed E-state index contributed by atoms with van der Waals surface area (Å²) in [7, 11) is 0. The Balaban J connectivity index is 2.45. The van der Waals surface area contributed by atoms with Gasteiger partial charge >= 0.3 is 0 Å². The van der Waals surface area contributed by atoms with Crippen molar-refractivity contribution in [1.82, 2.24) is 0 Å². The minimum absolute atomic E-state index is 0.0637. The molecular weight excluding hydrogens is 226 g/mol. The summed E-state index contributed by atoms with van der Waals surface area (Å²) >= 11 is 0. The number of nitrogens with two attached hydrogens (primary N) is 1. The smallest absolute Gasteiger partial charge is 0.189 e. The number of rotatable bonds is 5. The Morgan fingerprint density at radius 3 is 2.67 bits per heavy atom. The van der Waals surface area contributed by atoms with Crippen LogP contribution >= 0.6 is 0 Å². The first-order chi connectivity index (χ1) is 8.74. The first-order valence-corrected chi connectivity index (χ1v) is 6.21. The zero-order chi connectivity index (χ0) is 13.0. The summed E-state index contributed by atoms with van der Waals surface area (Å²) in [4.78, 5) is 0. The summed E-state index contributed by atoms with van der Waals surface area (Å²) in [5, 5.41) is 2.22. The fourth-order valence-corrected chi connectivity index (χ4v) is 1.96. The Bertz CT molecular complexity index is 523. The Kier molecular flexibility index (Phi) is 4.18. The number of hydrogen-bond acceptors (Lipinski definition) is 3. The number of hydrogen-bond donors (Lipinski definition) is 1. The van der Waals surface area contributed by atoms with E-state index in [2.05, 4.69) is 12.1 Å². The molecule has 0 radical (unpaired) electrons. The third-order valence-corrected chi connectivity index (χ3v) is 2.89. The number of fused-ring (bicyclic) bond motifs is 1. The fraction of sp³-hybridized carbons (Fsp3) is 0.333. The van der Waals surface area contributed by atoms with Crippen molar-refractivity contribution in [3.05, 3.63) is 42.0 Å². The van der Waals surface area contributed by atoms with Crippen molar-refractivity contribution in [3.8, 4) is 5.75 Å². The van der Waals surface area contributed by atoms with Gasteiger partial charge in [0, 0.05) is 23.6 Å². The molecule has 0 spiro atoms. The Morgan fingerprint density at radius 2 is 1.94 bits per heavy atom. The average Bonchev–Trinajstić information content (AvgIpc) is 2.38. The maximum atomic E-state index is 5.99. The van der Waals surface area contributed by atoms with Gasteiger partial charge in [0.05, 0.1) is 0 Å². The minimum atomic E-state index is -0.0637. The molecule has 1 atom stereocenters. The van der Waals surface area contributed by atoms with Gasteiger partial charge in [0.15, 0.2) is 6.79 Å². The van der Waals surface area contributed by atoms with Crippen molar-refractivity contribution < 1.29 is 9.47 Å². The predicted molar refractivity (Wildman–Crippen MR) is 73.7 cm³/mol. The molecule has 0 saturated heterocycles. The lowest BCUT2D eigenvalue weighted by molar-refractivity contribution is 0.0226. The molecule has 0 fully saturated rings. The van der Waals surface area contributed by atoms with E-state index in [1.165, 1.54) is 0 Å². The molecule has 0 aliphatic rings. The van der Waals surface area contributed by atoms with E-state index in [4.69, 9.17) is 15.2 Å². The van der Waals surface area contributed by atoms with Gasteiger partial charge in [0.2, 0.25) is 0 Å². The fourth-order valence-electron chi connectivity index (χ4n) is 1.96. The van der Waals surface area contributed by atoms with Crippen molar-refractivity contribution in [2.24, 2.45) is 5.73 Å². The van der Waals surface area contributed by atoms with Gasteiger partial charge in [-0.3, -0.25) is 0 Å². The van der Waals surface area contributed by atoms with Gasteiger partial charge in [-0.05, 0) is 19.2 Å². The molecule has 0 aliphatic carbocycles. The van der Waals surface area contributed by atoms with Gasteiger partial charge in [-0.2, -0.15) is 0 Å². The van der Waals surface area contributed by atoms with Crippen LogP contribution in [0.2, 0.25) is 0 Å². The largest absolute Gasteiger partial charge is 0.467 e. The first kappa shape index (κ1) is 12.9. The van der Waals surface area contributed by atoms with Crippen LogP contribution in [0.1, 0.15) is 25.5 Å². The maximum Gasteiger partial charge on any atom is 0.189 e. The number of benzene rings is 2. The van der Waals surface area contributed by atoms with Crippen LogP contribution in [0.4, 0.5) is 0 Å². The molecule has 0 bridgehead atoms. The van der Waals surface area contributed by atoms with E-state index in [0.29, 0.717) is 6.61 Å². The van der Waals surface area contributed by atoms with E-state index in [1.807, 2.05) is 38.1 Å². The quantitative estimate of drug-likeness (QED) is 0.649. The standard InChI is InChI=1S/C15H19NO2/c1-3-17-10-18-15-13(11(2)16)9-8-12-6-4-5-7-14(12)15/h4-9,11H,3,10,16H2,1-2H3/t11-/m1/s1. The molecule has 0 amide bonds. The second kappa shape index (κ2) is 5.85. The van der Waals surface area contributed by atoms with Crippen LogP contribution in [0.15, 0.2) is 36.4 Å². The molecule has 0 aliphatic heterocycles. The van der Waals surface area contributed by atoms with Gasteiger partial charge in [-0.1, -0.05) is 36.4 Å². The molecule has 2 rings (SSSR count). The lowest BCUT2D eigenvalue weighted by Gasteiger charge is -2.16. The van der Waals surface area contributed by atoms with Gasteiger partial charge in [-0.25, -0.2) is 0 Å². The molecule has 2 aromatic rings. The van der Waals surface area contributed by atoms with Crippen molar-refractivity contribution >= 4 is 10.8 Å². The summed E-state index contributed by atoms with van der Waals surface area (Å²) in [5.41, 5.74) is 7.00. The van der Waals surface area contributed by atoms with Crippen molar-refractivity contribution in [2.45, 2.75) is 19.9 Å². The van der Waals surface area contributed by atoms with Gasteiger partial charge in [0.1, 0.15) is 5.75 Å². The van der Waals surface area contributed by atoms with E-state index in [9.17, 15) is 0 Å². The van der Waals surface area contributed by atoms with Gasteiger partial charge in [-0.15, -0.1) is 0 Å². The van der Waals surface area contributed by atoms with Crippen LogP contribution in [0.25, 0.3) is 10.8 Å².